The van der Waals surface area contributed by atoms with Crippen LogP contribution in [0, 0.1) is 6.92 Å². The predicted octanol–water partition coefficient (Wildman–Crippen LogP) is 7.36. The zero-order chi connectivity index (χ0) is 30.1. The summed E-state index contributed by atoms with van der Waals surface area (Å²) in [5, 5.41) is 14.0. The summed E-state index contributed by atoms with van der Waals surface area (Å²) in [5.74, 6) is 0.493. The van der Waals surface area contributed by atoms with Crippen LogP contribution in [-0.2, 0) is 24.0 Å². The third kappa shape index (κ3) is 5.85. The molecule has 2 aliphatic rings. The Morgan fingerprint density at radius 1 is 1.05 bits per heavy atom. The van der Waals surface area contributed by atoms with Gasteiger partial charge in [-0.3, -0.25) is 0 Å². The standard InChI is InChI=1S/C35H38N4O4.CH4/c1-4-31-29(34(40)41)21-36-39(31)32-10-6-9-30(37-32)28-8-5-7-24-11-14-27(33(24)28)20-25-12-13-26(19-22(25)2)23-15-17-38(18-16-23)35(42)43-3;/h5-10,12-13,19,21,23,27H,4,11,14-18,20H2,1-3H3,(H,40,41);1H4. The number of rotatable bonds is 7. The summed E-state index contributed by atoms with van der Waals surface area (Å²) < 4.78 is 6.54. The van der Waals surface area contributed by atoms with Gasteiger partial charge in [0.15, 0.2) is 5.82 Å². The van der Waals surface area contributed by atoms with Crippen LogP contribution in [0.3, 0.4) is 0 Å². The Morgan fingerprint density at radius 2 is 1.82 bits per heavy atom. The number of benzene rings is 2. The van der Waals surface area contributed by atoms with Gasteiger partial charge in [-0.1, -0.05) is 56.8 Å². The highest BCUT2D eigenvalue weighted by Crippen LogP contribution is 2.42. The number of hydrogen-bond donors (Lipinski definition) is 1. The third-order valence-corrected chi connectivity index (χ3v) is 9.26. The van der Waals surface area contributed by atoms with Gasteiger partial charge in [-0.2, -0.15) is 5.10 Å². The van der Waals surface area contributed by atoms with Crippen molar-refractivity contribution in [1.82, 2.24) is 19.7 Å². The number of likely N-dealkylation sites (tertiary alicyclic amines) is 1. The molecule has 0 saturated carbocycles. The second-order valence-corrected chi connectivity index (χ2v) is 11.7. The molecule has 3 heterocycles. The van der Waals surface area contributed by atoms with Crippen LogP contribution in [0.15, 0.2) is 60.8 Å². The van der Waals surface area contributed by atoms with Gasteiger partial charge in [0.05, 0.1) is 24.7 Å². The molecule has 1 atom stereocenters. The summed E-state index contributed by atoms with van der Waals surface area (Å²) in [4.78, 5) is 30.4. The highest BCUT2D eigenvalue weighted by Gasteiger charge is 2.28. The Labute approximate surface area is 259 Å². The Morgan fingerprint density at radius 3 is 2.52 bits per heavy atom. The van der Waals surface area contributed by atoms with Crippen molar-refractivity contribution in [2.75, 3.05) is 20.2 Å². The Kier molecular flexibility index (Phi) is 9.18. The number of amides is 1. The third-order valence-electron chi connectivity index (χ3n) is 9.26. The number of methoxy groups -OCH3 is 1. The van der Waals surface area contributed by atoms with Crippen molar-refractivity contribution in [3.8, 4) is 17.1 Å². The van der Waals surface area contributed by atoms with E-state index in [0.29, 0.717) is 29.8 Å². The molecule has 2 aromatic heterocycles. The van der Waals surface area contributed by atoms with E-state index in [-0.39, 0.29) is 19.1 Å². The summed E-state index contributed by atoms with van der Waals surface area (Å²) in [6.07, 6.45) is 6.74. The Balaban J connectivity index is 0.00000384. The average Bonchev–Trinajstić information content (AvgIpc) is 3.66. The molecule has 8 nitrogen and oxygen atoms in total. The summed E-state index contributed by atoms with van der Waals surface area (Å²) in [6.45, 7) is 5.61. The lowest BCUT2D eigenvalue weighted by molar-refractivity contribution is 0.0695. The SMILES string of the molecule is C.CCc1c(C(=O)O)cnn1-c1cccc(-c2cccc3c2C(Cc2ccc(C4CCN(C(=O)OC)CC4)cc2C)CC3)n1. The van der Waals surface area contributed by atoms with E-state index < -0.39 is 5.97 Å². The summed E-state index contributed by atoms with van der Waals surface area (Å²) >= 11 is 0. The number of carbonyl (C=O) groups excluding carboxylic acids is 1. The summed E-state index contributed by atoms with van der Waals surface area (Å²) in [6, 6.07) is 19.3. The maximum Gasteiger partial charge on any atom is 0.409 e. The number of nitrogens with zero attached hydrogens (tertiary/aromatic N) is 4. The lowest BCUT2D eigenvalue weighted by Crippen LogP contribution is -2.37. The van der Waals surface area contributed by atoms with Crippen LogP contribution in [0.2, 0.25) is 0 Å². The first-order valence-electron chi connectivity index (χ1n) is 15.2. The molecular formula is C36H42N4O4. The van der Waals surface area contributed by atoms with Gasteiger partial charge < -0.3 is 14.7 Å². The zero-order valence-corrected chi connectivity index (χ0v) is 25.0. The molecule has 0 spiro atoms. The van der Waals surface area contributed by atoms with Gasteiger partial charge >= 0.3 is 12.1 Å². The molecule has 6 rings (SSSR count). The fourth-order valence-corrected chi connectivity index (χ4v) is 6.99. The van der Waals surface area contributed by atoms with Crippen LogP contribution in [0.1, 0.15) is 89.3 Å². The van der Waals surface area contributed by atoms with Crippen molar-refractivity contribution in [1.29, 1.82) is 0 Å². The molecule has 230 valence electrons. The molecule has 0 radical (unpaired) electrons. The van der Waals surface area contributed by atoms with Crippen LogP contribution < -0.4 is 0 Å². The number of carboxylic acids is 1. The Bertz CT molecular complexity index is 1670. The number of carbonyl (C=O) groups is 2. The molecule has 1 N–H and O–H groups in total. The molecule has 1 fully saturated rings. The minimum Gasteiger partial charge on any atom is -0.478 e. The van der Waals surface area contributed by atoms with Crippen molar-refractivity contribution in [2.45, 2.75) is 71.6 Å². The van der Waals surface area contributed by atoms with Gasteiger partial charge in [0.1, 0.15) is 5.56 Å². The van der Waals surface area contributed by atoms with E-state index in [0.717, 1.165) is 56.5 Å². The second-order valence-electron chi connectivity index (χ2n) is 11.7. The normalized spacial score (nSPS) is 16.3. The summed E-state index contributed by atoms with van der Waals surface area (Å²) in [5.41, 5.74) is 9.66. The van der Waals surface area contributed by atoms with Crippen molar-refractivity contribution in [2.24, 2.45) is 0 Å². The fraction of sp³-hybridized carbons (Fsp3) is 0.389. The van der Waals surface area contributed by atoms with Crippen molar-refractivity contribution in [3.63, 3.8) is 0 Å². The smallest absolute Gasteiger partial charge is 0.409 e. The van der Waals surface area contributed by atoms with E-state index in [1.54, 1.807) is 9.58 Å². The number of aromatic nitrogens is 3. The van der Waals surface area contributed by atoms with Crippen molar-refractivity contribution < 1.29 is 19.4 Å². The molecule has 2 aromatic carbocycles. The van der Waals surface area contributed by atoms with Crippen LogP contribution in [0.4, 0.5) is 4.79 Å². The van der Waals surface area contributed by atoms with E-state index in [9.17, 15) is 14.7 Å². The van der Waals surface area contributed by atoms with Gasteiger partial charge in [0.25, 0.3) is 0 Å². The largest absolute Gasteiger partial charge is 0.478 e. The van der Waals surface area contributed by atoms with Crippen molar-refractivity contribution in [3.05, 3.63) is 99.9 Å². The fourth-order valence-electron chi connectivity index (χ4n) is 6.99. The molecule has 1 amide bonds. The molecule has 0 bridgehead atoms. The van der Waals surface area contributed by atoms with E-state index in [1.165, 1.54) is 41.1 Å². The zero-order valence-electron chi connectivity index (χ0n) is 25.0. The molecule has 44 heavy (non-hydrogen) atoms. The molecule has 1 aliphatic carbocycles. The topological polar surface area (TPSA) is 97.6 Å². The van der Waals surface area contributed by atoms with Crippen LogP contribution in [0.25, 0.3) is 17.1 Å². The van der Waals surface area contributed by atoms with Crippen molar-refractivity contribution >= 4 is 12.1 Å². The molecule has 1 unspecified atom stereocenters. The highest BCUT2D eigenvalue weighted by atomic mass is 16.5. The number of carboxylic acid groups (broad SMARTS) is 1. The van der Waals surface area contributed by atoms with Crippen LogP contribution >= 0.6 is 0 Å². The lowest BCUT2D eigenvalue weighted by Gasteiger charge is -2.31. The van der Waals surface area contributed by atoms with Gasteiger partial charge in [0.2, 0.25) is 0 Å². The van der Waals surface area contributed by atoms with E-state index >= 15 is 0 Å². The minimum atomic E-state index is -0.977. The van der Waals surface area contributed by atoms with Crippen LogP contribution in [0.5, 0.6) is 0 Å². The molecule has 1 saturated heterocycles. The van der Waals surface area contributed by atoms with Gasteiger partial charge in [-0.05, 0) is 97.2 Å². The maximum absolute atomic E-state index is 11.9. The predicted molar refractivity (Wildman–Crippen MR) is 172 cm³/mol. The molecular weight excluding hydrogens is 552 g/mol. The average molecular weight is 595 g/mol. The number of aryl methyl sites for hydroxylation is 2. The second kappa shape index (κ2) is 13.0. The van der Waals surface area contributed by atoms with E-state index in [1.807, 2.05) is 25.1 Å². The number of fused-ring (bicyclic) bond motifs is 1. The first-order chi connectivity index (χ1) is 20.9. The van der Waals surface area contributed by atoms with Crippen LogP contribution in [-0.4, -0.2) is 57.0 Å². The summed E-state index contributed by atoms with van der Waals surface area (Å²) in [7, 11) is 1.44. The lowest BCUT2D eigenvalue weighted by atomic mass is 9.85. The highest BCUT2D eigenvalue weighted by molar-refractivity contribution is 5.88. The number of piperidine rings is 1. The van der Waals surface area contributed by atoms with E-state index in [2.05, 4.69) is 48.4 Å². The quantitative estimate of drug-likeness (QED) is 0.240. The first-order valence-corrected chi connectivity index (χ1v) is 15.2. The van der Waals surface area contributed by atoms with Gasteiger partial charge in [-0.15, -0.1) is 0 Å². The molecule has 8 heteroatoms. The van der Waals surface area contributed by atoms with Gasteiger partial charge in [-0.25, -0.2) is 19.3 Å². The number of ether oxygens (including phenoxy) is 1. The molecule has 4 aromatic rings. The Hall–Kier alpha value is -4.46. The van der Waals surface area contributed by atoms with Gasteiger partial charge in [0, 0.05) is 18.7 Å². The monoisotopic (exact) mass is 594 g/mol. The first kappa shape index (κ1) is 31.0. The molecule has 1 aliphatic heterocycles. The minimum absolute atomic E-state index is 0. The number of hydrogen-bond acceptors (Lipinski definition) is 5. The number of pyridine rings is 1. The number of aromatic carboxylic acids is 1. The maximum atomic E-state index is 11.9. The van der Waals surface area contributed by atoms with E-state index in [4.69, 9.17) is 9.72 Å².